The number of benzene rings is 1. The van der Waals surface area contributed by atoms with Crippen molar-refractivity contribution in [1.82, 2.24) is 15.1 Å². The highest BCUT2D eigenvalue weighted by Crippen LogP contribution is 2.24. The molecule has 0 radical (unpaired) electrons. The first-order chi connectivity index (χ1) is 11.1. The van der Waals surface area contributed by atoms with Crippen LogP contribution in [0.25, 0.3) is 0 Å². The Morgan fingerprint density at radius 1 is 1.48 bits per heavy atom. The van der Waals surface area contributed by atoms with Gasteiger partial charge in [0.25, 0.3) is 0 Å². The molecule has 0 saturated carbocycles. The maximum Gasteiger partial charge on any atom is 0.242 e. The van der Waals surface area contributed by atoms with Crippen LogP contribution in [-0.4, -0.2) is 34.8 Å². The molecule has 0 spiro atoms. The summed E-state index contributed by atoms with van der Waals surface area (Å²) >= 11 is 0. The van der Waals surface area contributed by atoms with Crippen LogP contribution in [-0.2, 0) is 11.3 Å². The molecule has 1 atom stereocenters. The van der Waals surface area contributed by atoms with Gasteiger partial charge in [0, 0.05) is 37.2 Å². The van der Waals surface area contributed by atoms with Gasteiger partial charge in [-0.05, 0) is 49.6 Å². The summed E-state index contributed by atoms with van der Waals surface area (Å²) < 4.78 is 14.9. The van der Waals surface area contributed by atoms with Crippen molar-refractivity contribution in [2.45, 2.75) is 32.4 Å². The summed E-state index contributed by atoms with van der Waals surface area (Å²) in [5.41, 5.74) is 1.96. The molecule has 23 heavy (non-hydrogen) atoms. The molecule has 1 aliphatic heterocycles. The number of halogens is 1. The van der Waals surface area contributed by atoms with Crippen molar-refractivity contribution in [1.29, 1.82) is 0 Å². The Morgan fingerprint density at radius 2 is 2.35 bits per heavy atom. The van der Waals surface area contributed by atoms with E-state index in [0.29, 0.717) is 0 Å². The highest BCUT2D eigenvalue weighted by Gasteiger charge is 2.22. The summed E-state index contributed by atoms with van der Waals surface area (Å²) in [5, 5.41) is 7.11. The van der Waals surface area contributed by atoms with E-state index in [-0.39, 0.29) is 24.3 Å². The zero-order valence-electron chi connectivity index (χ0n) is 13.2. The first-order valence-corrected chi connectivity index (χ1v) is 7.90. The van der Waals surface area contributed by atoms with E-state index in [9.17, 15) is 9.18 Å². The van der Waals surface area contributed by atoms with Crippen molar-refractivity contribution < 1.29 is 9.18 Å². The van der Waals surface area contributed by atoms with Crippen molar-refractivity contribution in [3.8, 4) is 0 Å². The van der Waals surface area contributed by atoms with E-state index in [2.05, 4.69) is 15.3 Å². The minimum absolute atomic E-state index is 0.0311. The number of carbonyl (C=O) groups excluding carboxylic acids is 1. The number of anilines is 1. The SMILES string of the molecule is Cc1cc(F)ccc1N1CCC[C@@H](NC(=O)Cn2cccn2)C1. The van der Waals surface area contributed by atoms with Gasteiger partial charge in [-0.25, -0.2) is 4.39 Å². The van der Waals surface area contributed by atoms with Crippen LogP contribution >= 0.6 is 0 Å². The third kappa shape index (κ3) is 3.88. The Kier molecular flexibility index (Phi) is 4.60. The Morgan fingerprint density at radius 3 is 3.09 bits per heavy atom. The van der Waals surface area contributed by atoms with E-state index in [0.717, 1.165) is 37.2 Å². The van der Waals surface area contributed by atoms with Crippen molar-refractivity contribution in [3.05, 3.63) is 48.0 Å². The standard InChI is InChI=1S/C17H21FN4O/c1-13-10-14(18)5-6-16(13)21-8-2-4-15(11-21)20-17(23)12-22-9-3-7-19-22/h3,5-7,9-10,15H,2,4,8,11-12H2,1H3,(H,20,23)/t15-/m1/s1. The van der Waals surface area contributed by atoms with Gasteiger partial charge in [-0.2, -0.15) is 5.10 Å². The monoisotopic (exact) mass is 316 g/mol. The molecular weight excluding hydrogens is 295 g/mol. The van der Waals surface area contributed by atoms with Gasteiger partial charge < -0.3 is 10.2 Å². The summed E-state index contributed by atoms with van der Waals surface area (Å²) in [6, 6.07) is 6.76. The average molecular weight is 316 g/mol. The van der Waals surface area contributed by atoms with E-state index in [4.69, 9.17) is 0 Å². The first-order valence-electron chi connectivity index (χ1n) is 7.90. The lowest BCUT2D eigenvalue weighted by Gasteiger charge is -2.35. The fourth-order valence-electron chi connectivity index (χ4n) is 3.10. The molecule has 5 nitrogen and oxygen atoms in total. The summed E-state index contributed by atoms with van der Waals surface area (Å²) in [7, 11) is 0. The molecule has 1 aliphatic rings. The number of hydrogen-bond donors (Lipinski definition) is 1. The molecule has 2 aromatic rings. The third-order valence-electron chi connectivity index (χ3n) is 4.15. The summed E-state index contributed by atoms with van der Waals surface area (Å²) in [5.74, 6) is -0.247. The van der Waals surface area contributed by atoms with Gasteiger partial charge in [-0.15, -0.1) is 0 Å². The van der Waals surface area contributed by atoms with Gasteiger partial charge in [0.15, 0.2) is 0 Å². The van der Waals surface area contributed by atoms with Crippen LogP contribution in [0.5, 0.6) is 0 Å². The van der Waals surface area contributed by atoms with Crippen molar-refractivity contribution in [3.63, 3.8) is 0 Å². The van der Waals surface area contributed by atoms with Crippen LogP contribution in [0.4, 0.5) is 10.1 Å². The van der Waals surface area contributed by atoms with E-state index in [1.165, 1.54) is 6.07 Å². The van der Waals surface area contributed by atoms with Gasteiger partial charge in [-0.1, -0.05) is 0 Å². The third-order valence-corrected chi connectivity index (χ3v) is 4.15. The Hall–Kier alpha value is -2.37. The normalized spacial score (nSPS) is 18.0. The fraction of sp³-hybridized carbons (Fsp3) is 0.412. The minimum Gasteiger partial charge on any atom is -0.369 e. The zero-order valence-corrected chi connectivity index (χ0v) is 13.2. The molecule has 122 valence electrons. The van der Waals surface area contributed by atoms with E-state index < -0.39 is 0 Å². The van der Waals surface area contributed by atoms with Gasteiger partial charge in [0.1, 0.15) is 12.4 Å². The van der Waals surface area contributed by atoms with E-state index in [1.54, 1.807) is 29.2 Å². The maximum atomic E-state index is 13.3. The lowest BCUT2D eigenvalue weighted by molar-refractivity contribution is -0.122. The molecular formula is C17H21FN4O. The fourth-order valence-corrected chi connectivity index (χ4v) is 3.10. The lowest BCUT2D eigenvalue weighted by atomic mass is 10.0. The predicted molar refractivity (Wildman–Crippen MR) is 86.7 cm³/mol. The molecule has 1 aromatic heterocycles. The van der Waals surface area contributed by atoms with Crippen molar-refractivity contribution in [2.24, 2.45) is 0 Å². The van der Waals surface area contributed by atoms with E-state index in [1.807, 2.05) is 13.0 Å². The molecule has 0 aliphatic carbocycles. The van der Waals surface area contributed by atoms with Crippen LogP contribution in [0.1, 0.15) is 18.4 Å². The summed E-state index contributed by atoms with van der Waals surface area (Å²) in [6.45, 7) is 3.83. The lowest BCUT2D eigenvalue weighted by Crippen LogP contribution is -2.48. The number of hydrogen-bond acceptors (Lipinski definition) is 3. The molecule has 2 heterocycles. The second kappa shape index (κ2) is 6.81. The van der Waals surface area contributed by atoms with Gasteiger partial charge in [-0.3, -0.25) is 9.48 Å². The first kappa shape index (κ1) is 15.5. The molecule has 1 fully saturated rings. The second-order valence-corrected chi connectivity index (χ2v) is 5.99. The number of amides is 1. The largest absolute Gasteiger partial charge is 0.369 e. The molecule has 6 heteroatoms. The van der Waals surface area contributed by atoms with Crippen LogP contribution < -0.4 is 10.2 Å². The molecule has 3 rings (SSSR count). The Balaban J connectivity index is 1.60. The number of carbonyl (C=O) groups is 1. The smallest absolute Gasteiger partial charge is 0.242 e. The van der Waals surface area contributed by atoms with Crippen molar-refractivity contribution >= 4 is 11.6 Å². The topological polar surface area (TPSA) is 50.2 Å². The van der Waals surface area contributed by atoms with Crippen molar-refractivity contribution in [2.75, 3.05) is 18.0 Å². The molecule has 0 unspecified atom stereocenters. The highest BCUT2D eigenvalue weighted by molar-refractivity contribution is 5.76. The maximum absolute atomic E-state index is 13.3. The predicted octanol–water partition coefficient (Wildman–Crippen LogP) is 2.12. The molecule has 1 N–H and O–H groups in total. The number of piperidine rings is 1. The summed E-state index contributed by atoms with van der Waals surface area (Å²) in [6.07, 6.45) is 5.40. The Labute approximate surface area is 135 Å². The number of rotatable bonds is 4. The quantitative estimate of drug-likeness (QED) is 0.940. The number of nitrogens with zero attached hydrogens (tertiary/aromatic N) is 3. The molecule has 1 saturated heterocycles. The number of aryl methyl sites for hydroxylation is 1. The highest BCUT2D eigenvalue weighted by atomic mass is 19.1. The number of nitrogens with one attached hydrogen (secondary N) is 1. The molecule has 0 bridgehead atoms. The summed E-state index contributed by atoms with van der Waals surface area (Å²) in [4.78, 5) is 14.3. The number of aromatic nitrogens is 2. The molecule has 1 aromatic carbocycles. The van der Waals surface area contributed by atoms with Crippen LogP contribution in [0.2, 0.25) is 0 Å². The van der Waals surface area contributed by atoms with Gasteiger partial charge in [0.05, 0.1) is 0 Å². The second-order valence-electron chi connectivity index (χ2n) is 5.99. The molecule has 1 amide bonds. The van der Waals surface area contributed by atoms with Crippen LogP contribution in [0.3, 0.4) is 0 Å². The van der Waals surface area contributed by atoms with Gasteiger partial charge in [0.2, 0.25) is 5.91 Å². The zero-order chi connectivity index (χ0) is 16.2. The Bertz CT molecular complexity index is 671. The van der Waals surface area contributed by atoms with E-state index >= 15 is 0 Å². The minimum atomic E-state index is -0.215. The van der Waals surface area contributed by atoms with Gasteiger partial charge >= 0.3 is 0 Å². The average Bonchev–Trinajstić information content (AvgIpc) is 3.00. The van der Waals surface area contributed by atoms with Crippen LogP contribution in [0, 0.1) is 12.7 Å². The van der Waals surface area contributed by atoms with Crippen LogP contribution in [0.15, 0.2) is 36.7 Å².